The van der Waals surface area contributed by atoms with Crippen LogP contribution in [0.1, 0.15) is 6.92 Å². The Bertz CT molecular complexity index is 613. The average Bonchev–Trinajstić information content (AvgIpc) is 2.96. The third-order valence-electron chi connectivity index (χ3n) is 3.31. The number of carbonyl (C=O) groups excluding carboxylic acids is 1. The van der Waals surface area contributed by atoms with Crippen LogP contribution in [0.5, 0.6) is 0 Å². The van der Waals surface area contributed by atoms with Gasteiger partial charge in [0.25, 0.3) is 0 Å². The molecule has 1 aliphatic heterocycles. The molecule has 1 aliphatic rings. The highest BCUT2D eigenvalue weighted by atomic mass is 16.5. The van der Waals surface area contributed by atoms with Gasteiger partial charge in [0, 0.05) is 13.1 Å². The number of anilines is 1. The third-order valence-corrected chi connectivity index (χ3v) is 3.31. The van der Waals surface area contributed by atoms with Gasteiger partial charge in [0.05, 0.1) is 24.6 Å². The molecule has 0 spiro atoms. The van der Waals surface area contributed by atoms with Crippen molar-refractivity contribution in [3.8, 4) is 5.69 Å². The number of rotatable bonds is 2. The number of ether oxygens (including phenoxy) is 1. The zero-order valence-electron chi connectivity index (χ0n) is 11.8. The first-order chi connectivity index (χ1) is 10.2. The Hall–Kier alpha value is -2.41. The molecule has 2 amide bonds. The van der Waals surface area contributed by atoms with E-state index in [1.165, 1.54) is 6.20 Å². The second kappa shape index (κ2) is 5.92. The maximum absolute atomic E-state index is 12.3. The summed E-state index contributed by atoms with van der Waals surface area (Å²) in [5.74, 6) is 0.547. The molecule has 1 atom stereocenters. The van der Waals surface area contributed by atoms with E-state index in [9.17, 15) is 4.79 Å². The molecule has 110 valence electrons. The Morgan fingerprint density at radius 1 is 1.38 bits per heavy atom. The summed E-state index contributed by atoms with van der Waals surface area (Å²) >= 11 is 0. The highest BCUT2D eigenvalue weighted by molar-refractivity contribution is 5.88. The molecule has 21 heavy (non-hydrogen) atoms. The van der Waals surface area contributed by atoms with E-state index in [0.717, 1.165) is 5.69 Å². The number of nitrogens with one attached hydrogen (secondary N) is 1. The van der Waals surface area contributed by atoms with Crippen molar-refractivity contribution in [2.45, 2.75) is 13.0 Å². The fraction of sp³-hybridized carbons (Fsp3) is 0.357. The summed E-state index contributed by atoms with van der Waals surface area (Å²) in [5, 5.41) is 10.7. The molecule has 0 radical (unpaired) electrons. The van der Waals surface area contributed by atoms with Crippen LogP contribution in [0.4, 0.5) is 10.6 Å². The van der Waals surface area contributed by atoms with Crippen molar-refractivity contribution >= 4 is 11.8 Å². The van der Waals surface area contributed by atoms with Gasteiger partial charge in [-0.3, -0.25) is 5.32 Å². The fourth-order valence-corrected chi connectivity index (χ4v) is 2.27. The first-order valence-corrected chi connectivity index (χ1v) is 6.87. The lowest BCUT2D eigenvalue weighted by molar-refractivity contribution is -0.00140. The molecule has 7 nitrogen and oxygen atoms in total. The summed E-state index contributed by atoms with van der Waals surface area (Å²) in [4.78, 5) is 14.0. The van der Waals surface area contributed by atoms with Crippen LogP contribution in [-0.2, 0) is 4.74 Å². The molecule has 1 fully saturated rings. The quantitative estimate of drug-likeness (QED) is 0.909. The average molecular weight is 287 g/mol. The molecule has 1 saturated heterocycles. The smallest absolute Gasteiger partial charge is 0.323 e. The maximum Gasteiger partial charge on any atom is 0.323 e. The number of aromatic nitrogens is 3. The topological polar surface area (TPSA) is 72.3 Å². The molecule has 1 unspecified atom stereocenters. The second-order valence-electron chi connectivity index (χ2n) is 4.92. The second-order valence-corrected chi connectivity index (χ2v) is 4.92. The first kappa shape index (κ1) is 13.6. The minimum Gasteiger partial charge on any atom is -0.375 e. The number of amides is 2. The molecule has 3 rings (SSSR count). The lowest BCUT2D eigenvalue weighted by Crippen LogP contribution is -2.46. The van der Waals surface area contributed by atoms with E-state index in [-0.39, 0.29) is 12.1 Å². The van der Waals surface area contributed by atoms with Crippen molar-refractivity contribution in [1.82, 2.24) is 19.9 Å². The Morgan fingerprint density at radius 2 is 2.19 bits per heavy atom. The van der Waals surface area contributed by atoms with E-state index >= 15 is 0 Å². The van der Waals surface area contributed by atoms with Crippen molar-refractivity contribution in [2.24, 2.45) is 0 Å². The van der Waals surface area contributed by atoms with Gasteiger partial charge in [-0.25, -0.2) is 4.79 Å². The van der Waals surface area contributed by atoms with Crippen molar-refractivity contribution in [3.63, 3.8) is 0 Å². The molecule has 0 bridgehead atoms. The predicted octanol–water partition coefficient (Wildman–Crippen LogP) is 1.52. The van der Waals surface area contributed by atoms with Crippen molar-refractivity contribution < 1.29 is 9.53 Å². The minimum absolute atomic E-state index is 0.0571. The van der Waals surface area contributed by atoms with E-state index in [0.29, 0.717) is 25.5 Å². The van der Waals surface area contributed by atoms with Crippen LogP contribution in [0, 0.1) is 0 Å². The molecule has 2 heterocycles. The van der Waals surface area contributed by atoms with E-state index in [1.807, 2.05) is 37.3 Å². The van der Waals surface area contributed by atoms with Crippen LogP contribution in [0.25, 0.3) is 5.69 Å². The van der Waals surface area contributed by atoms with Gasteiger partial charge in [-0.1, -0.05) is 23.4 Å². The Kier molecular flexibility index (Phi) is 3.83. The summed E-state index contributed by atoms with van der Waals surface area (Å²) < 4.78 is 7.03. The number of nitrogens with zero attached hydrogens (tertiary/aromatic N) is 4. The van der Waals surface area contributed by atoms with E-state index in [4.69, 9.17) is 4.74 Å². The van der Waals surface area contributed by atoms with Gasteiger partial charge in [-0.15, -0.1) is 5.10 Å². The van der Waals surface area contributed by atoms with Crippen molar-refractivity contribution in [3.05, 3.63) is 36.5 Å². The van der Waals surface area contributed by atoms with Gasteiger partial charge in [0.15, 0.2) is 5.82 Å². The van der Waals surface area contributed by atoms with Crippen LogP contribution < -0.4 is 5.32 Å². The molecule has 1 aromatic carbocycles. The number of hydrogen-bond acceptors (Lipinski definition) is 4. The van der Waals surface area contributed by atoms with E-state index in [1.54, 1.807) is 9.58 Å². The lowest BCUT2D eigenvalue weighted by atomic mass is 10.3. The lowest BCUT2D eigenvalue weighted by Gasteiger charge is -2.31. The van der Waals surface area contributed by atoms with Crippen LogP contribution in [-0.4, -0.2) is 51.7 Å². The van der Waals surface area contributed by atoms with Gasteiger partial charge < -0.3 is 9.64 Å². The fourth-order valence-electron chi connectivity index (χ4n) is 2.27. The zero-order valence-corrected chi connectivity index (χ0v) is 11.8. The zero-order chi connectivity index (χ0) is 14.7. The third kappa shape index (κ3) is 3.03. The minimum atomic E-state index is -0.162. The van der Waals surface area contributed by atoms with Gasteiger partial charge in [0.1, 0.15) is 0 Å². The summed E-state index contributed by atoms with van der Waals surface area (Å²) in [6.07, 6.45) is 1.59. The normalized spacial score (nSPS) is 18.5. The molecule has 7 heteroatoms. The number of carbonyl (C=O) groups is 1. The summed E-state index contributed by atoms with van der Waals surface area (Å²) in [5.41, 5.74) is 0.848. The Labute approximate surface area is 122 Å². The molecule has 1 aromatic heterocycles. The molecule has 1 N–H and O–H groups in total. The highest BCUT2D eigenvalue weighted by Gasteiger charge is 2.22. The largest absolute Gasteiger partial charge is 0.375 e. The number of benzene rings is 1. The van der Waals surface area contributed by atoms with Crippen molar-refractivity contribution in [1.29, 1.82) is 0 Å². The summed E-state index contributed by atoms with van der Waals surface area (Å²) in [6, 6.07) is 9.39. The monoisotopic (exact) mass is 287 g/mol. The molecule has 0 saturated carbocycles. The van der Waals surface area contributed by atoms with Crippen molar-refractivity contribution in [2.75, 3.05) is 25.0 Å². The first-order valence-electron chi connectivity index (χ1n) is 6.87. The maximum atomic E-state index is 12.3. The molecular weight excluding hydrogens is 270 g/mol. The Balaban J connectivity index is 1.74. The van der Waals surface area contributed by atoms with E-state index < -0.39 is 0 Å². The van der Waals surface area contributed by atoms with Gasteiger partial charge in [-0.05, 0) is 19.1 Å². The predicted molar refractivity (Wildman–Crippen MR) is 77.4 cm³/mol. The Morgan fingerprint density at radius 3 is 2.95 bits per heavy atom. The summed E-state index contributed by atoms with van der Waals surface area (Å²) in [7, 11) is 0. The highest BCUT2D eigenvalue weighted by Crippen LogP contribution is 2.14. The molecule has 2 aromatic rings. The number of hydrogen-bond donors (Lipinski definition) is 1. The number of urea groups is 1. The standard InChI is InChI=1S/C14H17N5O2/c1-11-10-18(7-8-21-11)14(20)16-13-9-15-17-19(13)12-5-3-2-4-6-12/h2-6,9,11H,7-8,10H2,1H3,(H,16,20). The van der Waals surface area contributed by atoms with Gasteiger partial charge in [-0.2, -0.15) is 4.68 Å². The van der Waals surface area contributed by atoms with Gasteiger partial charge >= 0.3 is 6.03 Å². The summed E-state index contributed by atoms with van der Waals surface area (Å²) in [6.45, 7) is 3.68. The number of morpholine rings is 1. The van der Waals surface area contributed by atoms with Crippen LogP contribution in [0.3, 0.4) is 0 Å². The SMILES string of the molecule is CC1CN(C(=O)Nc2cnnn2-c2ccccc2)CCO1. The van der Waals surface area contributed by atoms with Crippen LogP contribution in [0.15, 0.2) is 36.5 Å². The van der Waals surface area contributed by atoms with E-state index in [2.05, 4.69) is 15.6 Å². The molecule has 0 aliphatic carbocycles. The van der Waals surface area contributed by atoms with Crippen LogP contribution in [0.2, 0.25) is 0 Å². The molecular formula is C14H17N5O2. The van der Waals surface area contributed by atoms with Crippen LogP contribution >= 0.6 is 0 Å². The number of para-hydroxylation sites is 1. The van der Waals surface area contributed by atoms with Gasteiger partial charge in [0.2, 0.25) is 0 Å².